The average molecular weight is 507 g/mol. The van der Waals surface area contributed by atoms with E-state index in [2.05, 4.69) is 5.32 Å². The third-order valence-corrected chi connectivity index (χ3v) is 5.11. The normalized spacial score (nSPS) is 11.0. The van der Waals surface area contributed by atoms with Crippen LogP contribution in [-0.2, 0) is 9.53 Å². The molecular formula is C27H26N2O8. The summed E-state index contributed by atoms with van der Waals surface area (Å²) < 4.78 is 26.3. The lowest BCUT2D eigenvalue weighted by Crippen LogP contribution is -2.29. The second-order valence-corrected chi connectivity index (χ2v) is 7.65. The van der Waals surface area contributed by atoms with Crippen LogP contribution in [0.15, 0.2) is 57.2 Å². The van der Waals surface area contributed by atoms with Gasteiger partial charge in [0.15, 0.2) is 11.5 Å². The summed E-state index contributed by atoms with van der Waals surface area (Å²) in [6.45, 7) is 3.12. The molecule has 10 heteroatoms. The molecule has 1 N–H and O–H groups in total. The van der Waals surface area contributed by atoms with E-state index in [0.717, 1.165) is 0 Å². The van der Waals surface area contributed by atoms with Gasteiger partial charge in [-0.1, -0.05) is 6.07 Å². The van der Waals surface area contributed by atoms with Gasteiger partial charge in [-0.3, -0.25) is 4.79 Å². The maximum Gasteiger partial charge on any atom is 0.354 e. The van der Waals surface area contributed by atoms with Gasteiger partial charge in [-0.05, 0) is 55.3 Å². The Morgan fingerprint density at radius 3 is 2.62 bits per heavy atom. The fraction of sp³-hybridized carbons (Fsp3) is 0.259. The first-order valence-corrected chi connectivity index (χ1v) is 11.4. The minimum absolute atomic E-state index is 0.0582. The quantitative estimate of drug-likeness (QED) is 0.103. The number of fused-ring (bicyclic) bond motifs is 1. The highest BCUT2D eigenvalue weighted by atomic mass is 16.5. The van der Waals surface area contributed by atoms with Gasteiger partial charge in [0, 0.05) is 31.7 Å². The number of nitrogens with zero attached hydrogens (tertiary/aromatic N) is 1. The molecule has 0 atom stereocenters. The molecule has 0 aliphatic carbocycles. The number of methoxy groups -OCH3 is 2. The molecule has 3 rings (SSSR count). The number of hydrogen-bond donors (Lipinski definition) is 1. The van der Waals surface area contributed by atoms with E-state index in [-0.39, 0.29) is 22.5 Å². The maximum atomic E-state index is 12.6. The van der Waals surface area contributed by atoms with Crippen LogP contribution in [0, 0.1) is 11.3 Å². The fourth-order valence-electron chi connectivity index (χ4n) is 3.34. The lowest BCUT2D eigenvalue weighted by molar-refractivity contribution is -0.129. The molecule has 1 aromatic heterocycles. The number of carbonyl (C=O) groups excluding carboxylic acids is 2. The Bertz CT molecular complexity index is 1420. The van der Waals surface area contributed by atoms with Gasteiger partial charge in [0.25, 0.3) is 5.91 Å². The number of nitriles is 1. The predicted molar refractivity (Wildman–Crippen MR) is 135 cm³/mol. The molecule has 0 spiro atoms. The van der Waals surface area contributed by atoms with Crippen molar-refractivity contribution in [3.05, 3.63) is 69.6 Å². The van der Waals surface area contributed by atoms with Crippen molar-refractivity contribution < 1.29 is 33.0 Å². The second-order valence-electron chi connectivity index (χ2n) is 7.65. The number of amides is 1. The van der Waals surface area contributed by atoms with Crippen LogP contribution in [0.2, 0.25) is 0 Å². The molecule has 0 unspecified atom stereocenters. The van der Waals surface area contributed by atoms with Crippen LogP contribution in [0.5, 0.6) is 17.2 Å². The van der Waals surface area contributed by atoms with Crippen molar-refractivity contribution in [3.8, 4) is 23.3 Å². The van der Waals surface area contributed by atoms with E-state index in [0.29, 0.717) is 48.6 Å². The standard InChI is InChI=1S/C27H26N2O8/c1-4-35-22-9-6-17(13-24(22)34-3)12-19(16-28)26(31)36-20-8-7-18-14-21(27(32)37-23(18)15-20)25(30)29-10-5-11-33-2/h6-9,12-15H,4-5,10-11H2,1-3H3,(H,29,30)/b19-12+. The minimum Gasteiger partial charge on any atom is -0.493 e. The number of benzene rings is 2. The van der Waals surface area contributed by atoms with Gasteiger partial charge >= 0.3 is 11.6 Å². The third-order valence-electron chi connectivity index (χ3n) is 5.11. The van der Waals surface area contributed by atoms with E-state index in [1.54, 1.807) is 25.3 Å². The van der Waals surface area contributed by atoms with E-state index < -0.39 is 17.5 Å². The number of rotatable bonds is 11. The zero-order valence-electron chi connectivity index (χ0n) is 20.7. The highest BCUT2D eigenvalue weighted by Gasteiger charge is 2.16. The van der Waals surface area contributed by atoms with Crippen LogP contribution in [0.25, 0.3) is 17.0 Å². The summed E-state index contributed by atoms with van der Waals surface area (Å²) in [6, 6.07) is 12.6. The van der Waals surface area contributed by atoms with Crippen LogP contribution >= 0.6 is 0 Å². The van der Waals surface area contributed by atoms with Gasteiger partial charge in [-0.2, -0.15) is 5.26 Å². The summed E-state index contributed by atoms with van der Waals surface area (Å²) in [5.41, 5.74) is -0.581. The lowest BCUT2D eigenvalue weighted by atomic mass is 10.1. The van der Waals surface area contributed by atoms with Crippen molar-refractivity contribution in [2.75, 3.05) is 34.0 Å². The van der Waals surface area contributed by atoms with Crippen molar-refractivity contribution in [1.82, 2.24) is 5.32 Å². The molecule has 0 aliphatic heterocycles. The Kier molecular flexibility index (Phi) is 9.41. The first-order valence-electron chi connectivity index (χ1n) is 11.4. The van der Waals surface area contributed by atoms with E-state index in [1.165, 1.54) is 37.5 Å². The topological polar surface area (TPSA) is 137 Å². The minimum atomic E-state index is -0.899. The molecule has 2 aromatic carbocycles. The van der Waals surface area contributed by atoms with Crippen LogP contribution in [-0.4, -0.2) is 45.9 Å². The van der Waals surface area contributed by atoms with E-state index in [1.807, 2.05) is 13.0 Å². The van der Waals surface area contributed by atoms with Gasteiger partial charge in [0.2, 0.25) is 0 Å². The summed E-state index contributed by atoms with van der Waals surface area (Å²) in [4.78, 5) is 37.3. The summed E-state index contributed by atoms with van der Waals surface area (Å²) in [7, 11) is 3.04. The molecule has 0 fully saturated rings. The van der Waals surface area contributed by atoms with Crippen LogP contribution < -0.4 is 25.2 Å². The largest absolute Gasteiger partial charge is 0.493 e. The summed E-state index contributed by atoms with van der Waals surface area (Å²) in [6.07, 6.45) is 1.96. The number of esters is 1. The van der Waals surface area contributed by atoms with Crippen molar-refractivity contribution in [2.24, 2.45) is 0 Å². The summed E-state index contributed by atoms with van der Waals surface area (Å²) >= 11 is 0. The zero-order chi connectivity index (χ0) is 26.8. The smallest absolute Gasteiger partial charge is 0.354 e. The van der Waals surface area contributed by atoms with Crippen LogP contribution in [0.3, 0.4) is 0 Å². The third kappa shape index (κ3) is 6.96. The van der Waals surface area contributed by atoms with Gasteiger partial charge in [0.1, 0.15) is 28.5 Å². The van der Waals surface area contributed by atoms with E-state index >= 15 is 0 Å². The number of nitrogens with one attached hydrogen (secondary N) is 1. The van der Waals surface area contributed by atoms with E-state index in [4.69, 9.17) is 23.4 Å². The van der Waals surface area contributed by atoms with Crippen molar-refractivity contribution in [2.45, 2.75) is 13.3 Å². The first kappa shape index (κ1) is 27.0. The van der Waals surface area contributed by atoms with Crippen molar-refractivity contribution in [1.29, 1.82) is 5.26 Å². The molecule has 37 heavy (non-hydrogen) atoms. The molecule has 0 aliphatic rings. The molecule has 0 bridgehead atoms. The first-order chi connectivity index (χ1) is 17.9. The molecule has 3 aromatic rings. The predicted octanol–water partition coefficient (Wildman–Crippen LogP) is 3.48. The zero-order valence-corrected chi connectivity index (χ0v) is 20.7. The van der Waals surface area contributed by atoms with E-state index in [9.17, 15) is 19.6 Å². The van der Waals surface area contributed by atoms with Crippen molar-refractivity contribution >= 4 is 28.9 Å². The number of carbonyl (C=O) groups is 2. The summed E-state index contributed by atoms with van der Waals surface area (Å²) in [5, 5.41) is 12.6. The Labute approximate surface area is 213 Å². The Hall–Kier alpha value is -4.62. The second kappa shape index (κ2) is 12.9. The maximum absolute atomic E-state index is 12.6. The van der Waals surface area contributed by atoms with Gasteiger partial charge < -0.3 is 28.7 Å². The van der Waals surface area contributed by atoms with Gasteiger partial charge in [-0.25, -0.2) is 9.59 Å². The Balaban J connectivity index is 1.78. The molecule has 1 heterocycles. The van der Waals surface area contributed by atoms with Crippen LogP contribution in [0.4, 0.5) is 0 Å². The summed E-state index contributed by atoms with van der Waals surface area (Å²) in [5.74, 6) is -0.412. The van der Waals surface area contributed by atoms with Crippen LogP contribution in [0.1, 0.15) is 29.3 Å². The van der Waals surface area contributed by atoms with Gasteiger partial charge in [0.05, 0.1) is 13.7 Å². The Morgan fingerprint density at radius 1 is 1.11 bits per heavy atom. The average Bonchev–Trinajstić information content (AvgIpc) is 2.89. The molecule has 0 saturated heterocycles. The van der Waals surface area contributed by atoms with Crippen molar-refractivity contribution in [3.63, 3.8) is 0 Å². The SMILES string of the molecule is CCOc1ccc(/C=C(\C#N)C(=O)Oc2ccc3cc(C(=O)NCCCOC)c(=O)oc3c2)cc1OC. The fourth-order valence-corrected chi connectivity index (χ4v) is 3.34. The molecular weight excluding hydrogens is 480 g/mol. The molecule has 1 amide bonds. The monoisotopic (exact) mass is 506 g/mol. The molecule has 10 nitrogen and oxygen atoms in total. The number of ether oxygens (including phenoxy) is 4. The lowest BCUT2D eigenvalue weighted by Gasteiger charge is -2.10. The molecule has 0 saturated carbocycles. The van der Waals surface area contributed by atoms with Gasteiger partial charge in [-0.15, -0.1) is 0 Å². The highest BCUT2D eigenvalue weighted by molar-refractivity contribution is 6.00. The molecule has 0 radical (unpaired) electrons. The highest BCUT2D eigenvalue weighted by Crippen LogP contribution is 2.29. The Morgan fingerprint density at radius 2 is 1.92 bits per heavy atom. The number of hydrogen-bond acceptors (Lipinski definition) is 9. The molecule has 192 valence electrons.